The molecule has 3 atom stereocenters. The number of piperazine rings is 1. The quantitative estimate of drug-likeness (QED) is 0.286. The lowest BCUT2D eigenvalue weighted by molar-refractivity contribution is -0.137. The Balaban J connectivity index is 1.33. The van der Waals surface area contributed by atoms with E-state index in [9.17, 15) is 14.7 Å². The largest absolute Gasteiger partial charge is 0.508 e. The number of anilines is 1. The van der Waals surface area contributed by atoms with Crippen LogP contribution in [0.2, 0.25) is 5.02 Å². The number of nitrogens with zero attached hydrogens (tertiary/aromatic N) is 5. The number of ether oxygens (including phenoxy) is 1. The second-order valence-electron chi connectivity index (χ2n) is 12.3. The smallest absolute Gasteiger partial charge is 0.319 e. The maximum atomic E-state index is 16.8. The molecule has 3 aliphatic rings. The summed E-state index contributed by atoms with van der Waals surface area (Å²) in [7, 11) is 2.05. The number of hydrogen-bond acceptors (Lipinski definition) is 8. The molecule has 3 saturated heterocycles. The molecule has 45 heavy (non-hydrogen) atoms. The van der Waals surface area contributed by atoms with Crippen molar-refractivity contribution in [2.75, 3.05) is 38.2 Å². The fourth-order valence-electron chi connectivity index (χ4n) is 7.30. The molecule has 7 rings (SSSR count). The fourth-order valence-corrected chi connectivity index (χ4v) is 7.59. The molecule has 1 aromatic heterocycles. The van der Waals surface area contributed by atoms with Gasteiger partial charge in [-0.15, -0.1) is 0 Å². The van der Waals surface area contributed by atoms with Gasteiger partial charge in [-0.05, 0) is 73.8 Å². The van der Waals surface area contributed by atoms with Gasteiger partial charge in [0.1, 0.15) is 30.1 Å². The molecule has 2 unspecified atom stereocenters. The zero-order chi connectivity index (χ0) is 31.4. The number of likely N-dealkylation sites (N-methyl/N-ethyl adjacent to an activating group) is 1. The van der Waals surface area contributed by atoms with E-state index in [2.05, 4.69) is 16.9 Å². The Morgan fingerprint density at radius 2 is 1.84 bits per heavy atom. The van der Waals surface area contributed by atoms with Gasteiger partial charge in [-0.1, -0.05) is 35.9 Å². The third-order valence-corrected chi connectivity index (χ3v) is 9.73. The van der Waals surface area contributed by atoms with Crippen LogP contribution in [0.3, 0.4) is 0 Å². The van der Waals surface area contributed by atoms with Crippen LogP contribution in [0.5, 0.6) is 11.8 Å². The van der Waals surface area contributed by atoms with E-state index in [4.69, 9.17) is 27.1 Å². The van der Waals surface area contributed by atoms with Crippen LogP contribution in [-0.2, 0) is 9.59 Å². The van der Waals surface area contributed by atoms with E-state index < -0.39 is 11.7 Å². The summed E-state index contributed by atoms with van der Waals surface area (Å²) >= 11 is 6.86. The monoisotopic (exact) mass is 632 g/mol. The van der Waals surface area contributed by atoms with E-state index in [1.54, 1.807) is 17.0 Å². The second-order valence-corrected chi connectivity index (χ2v) is 12.7. The fraction of sp³-hybridized carbons (Fsp3) is 0.394. The van der Waals surface area contributed by atoms with Gasteiger partial charge in [-0.3, -0.25) is 9.59 Å². The number of amides is 2. The highest BCUT2D eigenvalue weighted by molar-refractivity contribution is 6.35. The molecular formula is C33H34ClFN6O4. The van der Waals surface area contributed by atoms with Crippen molar-refractivity contribution in [3.8, 4) is 22.9 Å². The molecule has 3 aromatic carbocycles. The maximum absolute atomic E-state index is 16.8. The number of hydrogen-bond donors (Lipinski definition) is 2. The molecule has 3 fully saturated rings. The molecular weight excluding hydrogens is 599 g/mol. The van der Waals surface area contributed by atoms with Crippen molar-refractivity contribution in [1.82, 2.24) is 19.8 Å². The van der Waals surface area contributed by atoms with Crippen LogP contribution >= 0.6 is 11.6 Å². The van der Waals surface area contributed by atoms with Crippen molar-refractivity contribution in [1.29, 1.82) is 0 Å². The van der Waals surface area contributed by atoms with Gasteiger partial charge >= 0.3 is 6.01 Å². The molecule has 3 aliphatic heterocycles. The van der Waals surface area contributed by atoms with Crippen molar-refractivity contribution >= 4 is 50.9 Å². The minimum Gasteiger partial charge on any atom is -0.508 e. The van der Waals surface area contributed by atoms with Crippen LogP contribution in [-0.4, -0.2) is 88.1 Å². The SMILES string of the molecule is CN1CCC[C@H]1COc1nc(N2CC3CCC(C2)N3C(=O)CC(N)=O)c2cc(Cl)c(-c3cc(O)cc4ccccc34)c(F)c2n1. The third-order valence-electron chi connectivity index (χ3n) is 9.43. The van der Waals surface area contributed by atoms with Gasteiger partial charge in [0.25, 0.3) is 0 Å². The topological polar surface area (TPSA) is 125 Å². The molecule has 2 amide bonds. The number of fused-ring (bicyclic) bond motifs is 4. The first-order valence-corrected chi connectivity index (χ1v) is 15.6. The summed E-state index contributed by atoms with van der Waals surface area (Å²) < 4.78 is 23.0. The first-order chi connectivity index (χ1) is 21.7. The van der Waals surface area contributed by atoms with Crippen LogP contribution in [0.4, 0.5) is 10.2 Å². The van der Waals surface area contributed by atoms with Crippen molar-refractivity contribution in [2.24, 2.45) is 5.73 Å². The van der Waals surface area contributed by atoms with Crippen molar-refractivity contribution in [3.05, 3.63) is 53.3 Å². The third kappa shape index (κ3) is 5.37. The van der Waals surface area contributed by atoms with E-state index in [0.29, 0.717) is 36.5 Å². The number of nitrogens with two attached hydrogens (primary N) is 1. The van der Waals surface area contributed by atoms with E-state index >= 15 is 4.39 Å². The van der Waals surface area contributed by atoms with Crippen LogP contribution in [0.25, 0.3) is 32.8 Å². The van der Waals surface area contributed by atoms with Crippen molar-refractivity contribution < 1.29 is 23.8 Å². The summed E-state index contributed by atoms with van der Waals surface area (Å²) in [5.41, 5.74) is 5.95. The highest BCUT2D eigenvalue weighted by Crippen LogP contribution is 2.43. The van der Waals surface area contributed by atoms with Gasteiger partial charge in [-0.2, -0.15) is 9.97 Å². The molecule has 234 valence electrons. The maximum Gasteiger partial charge on any atom is 0.319 e. The molecule has 4 aromatic rings. The van der Waals surface area contributed by atoms with E-state index in [1.165, 1.54) is 6.07 Å². The number of rotatable bonds is 7. The van der Waals surface area contributed by atoms with Gasteiger partial charge in [0.2, 0.25) is 11.8 Å². The molecule has 12 heteroatoms. The Kier molecular flexibility index (Phi) is 7.61. The first kappa shape index (κ1) is 29.5. The minimum atomic E-state index is -0.654. The number of primary amides is 1. The highest BCUT2D eigenvalue weighted by Gasteiger charge is 2.43. The normalized spacial score (nSPS) is 21.6. The van der Waals surface area contributed by atoms with E-state index in [-0.39, 0.29) is 58.3 Å². The van der Waals surface area contributed by atoms with Crippen LogP contribution in [0, 0.1) is 5.82 Å². The Morgan fingerprint density at radius 3 is 2.56 bits per heavy atom. The summed E-state index contributed by atoms with van der Waals surface area (Å²) in [6, 6.07) is 12.2. The molecule has 2 bridgehead atoms. The second kappa shape index (κ2) is 11.6. The molecule has 0 radical (unpaired) electrons. The summed E-state index contributed by atoms with van der Waals surface area (Å²) in [5, 5.41) is 12.6. The number of phenols is 1. The number of phenolic OH excluding ortho intramolecular Hbond substituents is 1. The van der Waals surface area contributed by atoms with E-state index in [1.807, 2.05) is 29.2 Å². The van der Waals surface area contributed by atoms with Crippen LogP contribution in [0.15, 0.2) is 42.5 Å². The first-order valence-electron chi connectivity index (χ1n) is 15.3. The molecule has 3 N–H and O–H groups in total. The number of aromatic nitrogens is 2. The Hall–Kier alpha value is -4.22. The number of halogens is 2. The number of benzene rings is 3. The summed E-state index contributed by atoms with van der Waals surface area (Å²) in [5.74, 6) is -1.10. The van der Waals surface area contributed by atoms with Gasteiger partial charge in [0.15, 0.2) is 5.82 Å². The number of aromatic hydroxyl groups is 1. The zero-order valence-electron chi connectivity index (χ0n) is 24.9. The lowest BCUT2D eigenvalue weighted by Gasteiger charge is -2.41. The van der Waals surface area contributed by atoms with Gasteiger partial charge in [-0.25, -0.2) is 4.39 Å². The molecule has 0 aliphatic carbocycles. The summed E-state index contributed by atoms with van der Waals surface area (Å²) in [6.07, 6.45) is 3.28. The number of carbonyl (C=O) groups is 2. The average Bonchev–Trinajstić information content (AvgIpc) is 3.53. The average molecular weight is 633 g/mol. The molecule has 10 nitrogen and oxygen atoms in total. The standard InChI is InChI=1S/C33H34ClFN6O4/c1-39-10-4-6-21(39)17-45-33-37-31-25(32(38-33)40-15-19-8-9-20(16-40)41(19)28(44)14-27(36)43)13-26(34)29(30(31)35)24-12-22(42)11-18-5-2-3-7-23(18)24/h2-3,5,7,11-13,19-21,42H,4,6,8-10,14-17H2,1H3,(H2,36,43)/t19?,20?,21-/m0/s1. The zero-order valence-corrected chi connectivity index (χ0v) is 25.6. The van der Waals surface area contributed by atoms with Crippen molar-refractivity contribution in [2.45, 2.75) is 50.2 Å². The molecule has 4 heterocycles. The van der Waals surface area contributed by atoms with Crippen LogP contribution < -0.4 is 15.4 Å². The lowest BCUT2D eigenvalue weighted by Crippen LogP contribution is -2.56. The molecule has 0 spiro atoms. The van der Waals surface area contributed by atoms with Gasteiger partial charge < -0.3 is 30.3 Å². The van der Waals surface area contributed by atoms with Gasteiger partial charge in [0, 0.05) is 42.2 Å². The predicted octanol–water partition coefficient (Wildman–Crippen LogP) is 4.48. The minimum absolute atomic E-state index is 0.00780. The lowest BCUT2D eigenvalue weighted by atomic mass is 9.96. The highest BCUT2D eigenvalue weighted by atomic mass is 35.5. The summed E-state index contributed by atoms with van der Waals surface area (Å²) in [4.78, 5) is 39.8. The van der Waals surface area contributed by atoms with Crippen LogP contribution in [0.1, 0.15) is 32.1 Å². The Morgan fingerprint density at radius 1 is 1.09 bits per heavy atom. The summed E-state index contributed by atoms with van der Waals surface area (Å²) in [6.45, 7) is 2.22. The number of carbonyl (C=O) groups excluding carboxylic acids is 2. The Bertz CT molecular complexity index is 1820. The van der Waals surface area contributed by atoms with Gasteiger partial charge in [0.05, 0.1) is 5.02 Å². The van der Waals surface area contributed by atoms with Crippen molar-refractivity contribution in [3.63, 3.8) is 0 Å². The van der Waals surface area contributed by atoms with E-state index in [0.717, 1.165) is 43.0 Å². The number of likely N-dealkylation sites (tertiary alicyclic amines) is 1. The predicted molar refractivity (Wildman–Crippen MR) is 170 cm³/mol. The Labute approximate surface area is 264 Å². The molecule has 0 saturated carbocycles.